The molecule has 21 heavy (non-hydrogen) atoms. The van der Waals surface area contributed by atoms with Crippen LogP contribution in [0.15, 0.2) is 30.3 Å². The molecule has 5 nitrogen and oxygen atoms in total. The van der Waals surface area contributed by atoms with Crippen molar-refractivity contribution < 1.29 is 19.4 Å². The third-order valence-electron chi connectivity index (χ3n) is 3.02. The number of methoxy groups -OCH3 is 1. The van der Waals surface area contributed by atoms with Gasteiger partial charge in [0.15, 0.2) is 0 Å². The van der Waals surface area contributed by atoms with E-state index in [2.05, 4.69) is 5.32 Å². The van der Waals surface area contributed by atoms with E-state index < -0.39 is 5.97 Å². The van der Waals surface area contributed by atoms with Gasteiger partial charge in [-0.25, -0.2) is 0 Å². The predicted octanol–water partition coefficient (Wildman–Crippen LogP) is 2.33. The number of benzene rings is 1. The van der Waals surface area contributed by atoms with Gasteiger partial charge in [0.25, 0.3) is 0 Å². The van der Waals surface area contributed by atoms with Crippen molar-refractivity contribution in [3.8, 4) is 5.75 Å². The van der Waals surface area contributed by atoms with E-state index in [4.69, 9.17) is 9.84 Å². The Hall–Kier alpha value is -2.30. The Kier molecular flexibility index (Phi) is 7.01. The first kappa shape index (κ1) is 16.8. The molecule has 0 aromatic heterocycles. The van der Waals surface area contributed by atoms with Crippen LogP contribution >= 0.6 is 0 Å². The summed E-state index contributed by atoms with van der Waals surface area (Å²) < 4.78 is 5.05. The Bertz CT molecular complexity index is 494. The van der Waals surface area contributed by atoms with Crippen LogP contribution in [0.4, 0.5) is 0 Å². The highest BCUT2D eigenvalue weighted by molar-refractivity contribution is 5.91. The van der Waals surface area contributed by atoms with E-state index in [1.54, 1.807) is 13.2 Å². The highest BCUT2D eigenvalue weighted by atomic mass is 16.5. The topological polar surface area (TPSA) is 75.6 Å². The number of nitrogens with one attached hydrogen (secondary N) is 1. The van der Waals surface area contributed by atoms with Gasteiger partial charge >= 0.3 is 5.97 Å². The summed E-state index contributed by atoms with van der Waals surface area (Å²) in [5, 5.41) is 11.3. The number of carbonyl (C=O) groups is 2. The van der Waals surface area contributed by atoms with Crippen molar-refractivity contribution in [3.05, 3.63) is 35.9 Å². The smallest absolute Gasteiger partial charge is 0.303 e. The molecular weight excluding hydrogens is 270 g/mol. The molecule has 1 aromatic carbocycles. The van der Waals surface area contributed by atoms with Gasteiger partial charge in [-0.2, -0.15) is 0 Å². The molecule has 0 saturated heterocycles. The van der Waals surface area contributed by atoms with Crippen molar-refractivity contribution >= 4 is 18.0 Å². The molecule has 5 heteroatoms. The molecule has 1 unspecified atom stereocenters. The van der Waals surface area contributed by atoms with Crippen molar-refractivity contribution in [2.24, 2.45) is 5.92 Å². The van der Waals surface area contributed by atoms with E-state index in [1.807, 2.05) is 31.2 Å². The maximum absolute atomic E-state index is 11.6. The number of carboxylic acid groups (broad SMARTS) is 1. The average molecular weight is 291 g/mol. The lowest BCUT2D eigenvalue weighted by atomic mass is 10.1. The van der Waals surface area contributed by atoms with Crippen LogP contribution in [0.2, 0.25) is 0 Å². The molecule has 1 atom stereocenters. The summed E-state index contributed by atoms with van der Waals surface area (Å²) in [6.07, 6.45) is 3.86. The Morgan fingerprint density at radius 2 is 2.00 bits per heavy atom. The zero-order valence-electron chi connectivity index (χ0n) is 12.3. The Morgan fingerprint density at radius 1 is 1.33 bits per heavy atom. The molecule has 0 aliphatic heterocycles. The third-order valence-corrected chi connectivity index (χ3v) is 3.02. The molecule has 1 amide bonds. The van der Waals surface area contributed by atoms with Crippen molar-refractivity contribution in [3.63, 3.8) is 0 Å². The van der Waals surface area contributed by atoms with E-state index in [1.165, 1.54) is 6.08 Å². The molecule has 2 N–H and O–H groups in total. The molecule has 0 heterocycles. The largest absolute Gasteiger partial charge is 0.497 e. The van der Waals surface area contributed by atoms with E-state index in [9.17, 15) is 9.59 Å². The average Bonchev–Trinajstić information content (AvgIpc) is 2.49. The molecule has 0 aliphatic rings. The van der Waals surface area contributed by atoms with Crippen LogP contribution in [0.3, 0.4) is 0 Å². The first-order chi connectivity index (χ1) is 10.0. The number of carboxylic acids is 1. The first-order valence-electron chi connectivity index (χ1n) is 6.83. The van der Waals surface area contributed by atoms with Crippen molar-refractivity contribution in [2.75, 3.05) is 13.7 Å². The number of amides is 1. The van der Waals surface area contributed by atoms with E-state index in [0.29, 0.717) is 13.0 Å². The maximum atomic E-state index is 11.6. The van der Waals surface area contributed by atoms with Crippen LogP contribution < -0.4 is 10.1 Å². The standard InChI is InChI=1S/C16H21NO4/c1-12(3-10-16(19)20)11-17-15(18)9-6-13-4-7-14(21-2)8-5-13/h4-9,12H,3,10-11H2,1-2H3,(H,17,18)(H,19,20)/b9-6+. The van der Waals surface area contributed by atoms with Gasteiger partial charge in [-0.15, -0.1) is 0 Å². The summed E-state index contributed by atoms with van der Waals surface area (Å²) in [6.45, 7) is 2.38. The molecule has 0 aliphatic carbocycles. The monoisotopic (exact) mass is 291 g/mol. The minimum Gasteiger partial charge on any atom is -0.497 e. The number of ether oxygens (including phenoxy) is 1. The Morgan fingerprint density at radius 3 is 2.57 bits per heavy atom. The molecule has 1 rings (SSSR count). The molecule has 0 bridgehead atoms. The lowest BCUT2D eigenvalue weighted by molar-refractivity contribution is -0.137. The lowest BCUT2D eigenvalue weighted by Gasteiger charge is -2.09. The lowest BCUT2D eigenvalue weighted by Crippen LogP contribution is -2.26. The second-order valence-electron chi connectivity index (χ2n) is 4.89. The van der Waals surface area contributed by atoms with E-state index in [0.717, 1.165) is 11.3 Å². The van der Waals surface area contributed by atoms with Crippen LogP contribution in [-0.4, -0.2) is 30.6 Å². The number of hydrogen-bond donors (Lipinski definition) is 2. The predicted molar refractivity (Wildman–Crippen MR) is 81.1 cm³/mol. The Labute approximate surface area is 124 Å². The maximum Gasteiger partial charge on any atom is 0.303 e. The molecule has 0 spiro atoms. The Balaban J connectivity index is 2.35. The number of carbonyl (C=O) groups excluding carboxylic acids is 1. The van der Waals surface area contributed by atoms with Gasteiger partial charge < -0.3 is 15.2 Å². The summed E-state index contributed by atoms with van der Waals surface area (Å²) in [7, 11) is 1.60. The van der Waals surface area contributed by atoms with Gasteiger partial charge in [0.1, 0.15) is 5.75 Å². The fraction of sp³-hybridized carbons (Fsp3) is 0.375. The molecule has 114 valence electrons. The molecule has 0 radical (unpaired) electrons. The molecular formula is C16H21NO4. The van der Waals surface area contributed by atoms with Gasteiger partial charge in [0.05, 0.1) is 7.11 Å². The fourth-order valence-corrected chi connectivity index (χ4v) is 1.69. The minimum atomic E-state index is -0.812. The van der Waals surface area contributed by atoms with Crippen LogP contribution in [0, 0.1) is 5.92 Å². The summed E-state index contributed by atoms with van der Waals surface area (Å²) in [5.74, 6) is -0.0936. The highest BCUT2D eigenvalue weighted by Crippen LogP contribution is 2.12. The summed E-state index contributed by atoms with van der Waals surface area (Å²) in [5.41, 5.74) is 0.907. The van der Waals surface area contributed by atoms with Crippen LogP contribution in [0.25, 0.3) is 6.08 Å². The molecule has 0 fully saturated rings. The second-order valence-corrected chi connectivity index (χ2v) is 4.89. The number of hydrogen-bond acceptors (Lipinski definition) is 3. The van der Waals surface area contributed by atoms with Gasteiger partial charge in [0.2, 0.25) is 5.91 Å². The van der Waals surface area contributed by atoms with E-state index in [-0.39, 0.29) is 18.2 Å². The number of rotatable bonds is 8. The van der Waals surface area contributed by atoms with Crippen molar-refractivity contribution in [1.29, 1.82) is 0 Å². The SMILES string of the molecule is COc1ccc(/C=C/C(=O)NCC(C)CCC(=O)O)cc1. The minimum absolute atomic E-state index is 0.124. The first-order valence-corrected chi connectivity index (χ1v) is 6.83. The third kappa shape index (κ3) is 7.15. The van der Waals surface area contributed by atoms with Crippen molar-refractivity contribution in [2.45, 2.75) is 19.8 Å². The van der Waals surface area contributed by atoms with Crippen LogP contribution in [0.5, 0.6) is 5.75 Å². The second kappa shape index (κ2) is 8.79. The van der Waals surface area contributed by atoms with Crippen LogP contribution in [-0.2, 0) is 9.59 Å². The quantitative estimate of drug-likeness (QED) is 0.721. The zero-order chi connectivity index (χ0) is 15.7. The van der Waals surface area contributed by atoms with Gasteiger partial charge in [-0.1, -0.05) is 19.1 Å². The van der Waals surface area contributed by atoms with Gasteiger partial charge in [-0.05, 0) is 36.1 Å². The summed E-state index contributed by atoms with van der Waals surface area (Å²) >= 11 is 0. The fourth-order valence-electron chi connectivity index (χ4n) is 1.69. The highest BCUT2D eigenvalue weighted by Gasteiger charge is 2.06. The summed E-state index contributed by atoms with van der Waals surface area (Å²) in [4.78, 5) is 22.1. The van der Waals surface area contributed by atoms with Gasteiger partial charge in [0, 0.05) is 19.0 Å². The molecule has 1 aromatic rings. The normalized spacial score (nSPS) is 12.1. The van der Waals surface area contributed by atoms with Crippen molar-refractivity contribution in [1.82, 2.24) is 5.32 Å². The number of aliphatic carboxylic acids is 1. The van der Waals surface area contributed by atoms with Gasteiger partial charge in [-0.3, -0.25) is 9.59 Å². The molecule has 0 saturated carbocycles. The van der Waals surface area contributed by atoms with E-state index >= 15 is 0 Å². The summed E-state index contributed by atoms with van der Waals surface area (Å²) in [6, 6.07) is 7.37. The van der Waals surface area contributed by atoms with Crippen LogP contribution in [0.1, 0.15) is 25.3 Å². The zero-order valence-corrected chi connectivity index (χ0v) is 12.3.